The normalized spacial score (nSPS) is 14.2. The molecule has 0 bridgehead atoms. The van der Waals surface area contributed by atoms with E-state index in [0.717, 1.165) is 0 Å². The maximum absolute atomic E-state index is 13.2. The number of nitrogens with zero attached hydrogens (tertiary/aromatic N) is 3. The van der Waals surface area contributed by atoms with Crippen molar-refractivity contribution in [3.05, 3.63) is 30.1 Å². The number of benzene rings is 1. The number of aliphatic imine (C=N–C) groups is 1. The zero-order valence-electron chi connectivity index (χ0n) is 16.1. The van der Waals surface area contributed by atoms with E-state index in [1.54, 1.807) is 17.9 Å². The molecule has 1 aliphatic heterocycles. The van der Waals surface area contributed by atoms with Gasteiger partial charge in [0.05, 0.1) is 6.61 Å². The fourth-order valence-electron chi connectivity index (χ4n) is 2.65. The average Bonchev–Trinajstić information content (AvgIpc) is 2.65. The second kappa shape index (κ2) is 12.4. The first-order valence-corrected chi connectivity index (χ1v) is 9.03. The lowest BCUT2D eigenvalue weighted by Crippen LogP contribution is -2.54. The lowest BCUT2D eigenvalue weighted by Gasteiger charge is -2.35. The molecular weight excluding hydrogens is 480 g/mol. The van der Waals surface area contributed by atoms with Crippen molar-refractivity contribution >= 4 is 47.6 Å². The van der Waals surface area contributed by atoms with E-state index in [9.17, 15) is 14.0 Å². The van der Waals surface area contributed by atoms with Crippen LogP contribution in [0.4, 0.5) is 14.9 Å². The summed E-state index contributed by atoms with van der Waals surface area (Å²) >= 11 is 0. The third-order valence-electron chi connectivity index (χ3n) is 3.92. The van der Waals surface area contributed by atoms with Gasteiger partial charge in [0.1, 0.15) is 12.4 Å². The summed E-state index contributed by atoms with van der Waals surface area (Å²) in [6.07, 6.45) is -0.312. The Balaban J connectivity index is 0.00000392. The number of anilines is 1. The Labute approximate surface area is 181 Å². The highest BCUT2D eigenvalue weighted by Gasteiger charge is 2.23. The summed E-state index contributed by atoms with van der Waals surface area (Å²) in [6, 6.07) is 5.71. The molecule has 0 radical (unpaired) electrons. The van der Waals surface area contributed by atoms with Gasteiger partial charge in [-0.15, -0.1) is 24.0 Å². The van der Waals surface area contributed by atoms with Gasteiger partial charge < -0.3 is 25.2 Å². The number of hydrogen-bond donors (Lipinski definition) is 2. The van der Waals surface area contributed by atoms with Crippen LogP contribution in [0, 0.1) is 5.82 Å². The molecule has 0 aliphatic carbocycles. The van der Waals surface area contributed by atoms with Crippen LogP contribution in [0.15, 0.2) is 29.3 Å². The number of amides is 2. The van der Waals surface area contributed by atoms with Crippen LogP contribution in [0.3, 0.4) is 0 Å². The molecule has 28 heavy (non-hydrogen) atoms. The summed E-state index contributed by atoms with van der Waals surface area (Å²) in [5.41, 5.74) is 0.392. The smallest absolute Gasteiger partial charge is 0.409 e. The minimum atomic E-state index is -0.413. The third kappa shape index (κ3) is 7.49. The molecule has 1 saturated heterocycles. The molecule has 2 N–H and O–H groups in total. The van der Waals surface area contributed by atoms with Crippen molar-refractivity contribution in [2.24, 2.45) is 4.99 Å². The van der Waals surface area contributed by atoms with Gasteiger partial charge in [-0.2, -0.15) is 0 Å². The first-order valence-electron chi connectivity index (χ1n) is 9.03. The number of rotatable bonds is 5. The van der Waals surface area contributed by atoms with Crippen molar-refractivity contribution in [2.45, 2.75) is 13.8 Å². The summed E-state index contributed by atoms with van der Waals surface area (Å²) in [7, 11) is 0. The molecule has 1 aromatic carbocycles. The Hall–Kier alpha value is -2.11. The quantitative estimate of drug-likeness (QED) is 0.363. The van der Waals surface area contributed by atoms with Gasteiger partial charge in [-0.3, -0.25) is 4.79 Å². The topological polar surface area (TPSA) is 86.3 Å². The molecule has 1 aliphatic rings. The monoisotopic (exact) mass is 507 g/mol. The highest BCUT2D eigenvalue weighted by Crippen LogP contribution is 2.09. The van der Waals surface area contributed by atoms with Crippen LogP contribution >= 0.6 is 24.0 Å². The SMILES string of the molecule is CCNC(=NCC(=O)Nc1cccc(F)c1)N1CCN(C(=O)OCC)CC1.I. The van der Waals surface area contributed by atoms with Gasteiger partial charge in [0.2, 0.25) is 5.91 Å². The van der Waals surface area contributed by atoms with Crippen LogP contribution in [-0.4, -0.2) is 73.6 Å². The van der Waals surface area contributed by atoms with Gasteiger partial charge in [0.25, 0.3) is 0 Å². The summed E-state index contributed by atoms with van der Waals surface area (Å²) in [6.45, 7) is 6.88. The van der Waals surface area contributed by atoms with E-state index in [4.69, 9.17) is 4.74 Å². The second-order valence-corrected chi connectivity index (χ2v) is 5.90. The molecule has 1 fully saturated rings. The molecule has 0 spiro atoms. The number of hydrogen-bond acceptors (Lipinski definition) is 4. The number of carbonyl (C=O) groups excluding carboxylic acids is 2. The fourth-order valence-corrected chi connectivity index (χ4v) is 2.65. The molecule has 0 aromatic heterocycles. The molecule has 0 atom stereocenters. The molecule has 0 unspecified atom stereocenters. The number of halogens is 2. The van der Waals surface area contributed by atoms with E-state index in [-0.39, 0.29) is 42.5 Å². The molecule has 0 saturated carbocycles. The lowest BCUT2D eigenvalue weighted by atomic mass is 10.3. The highest BCUT2D eigenvalue weighted by atomic mass is 127. The van der Waals surface area contributed by atoms with E-state index in [1.165, 1.54) is 18.2 Å². The van der Waals surface area contributed by atoms with Crippen LogP contribution < -0.4 is 10.6 Å². The molecule has 8 nitrogen and oxygen atoms in total. The van der Waals surface area contributed by atoms with Gasteiger partial charge in [-0.25, -0.2) is 14.2 Å². The van der Waals surface area contributed by atoms with E-state index in [2.05, 4.69) is 15.6 Å². The van der Waals surface area contributed by atoms with Crippen molar-refractivity contribution in [3.63, 3.8) is 0 Å². The second-order valence-electron chi connectivity index (χ2n) is 5.90. The van der Waals surface area contributed by atoms with Crippen molar-refractivity contribution in [2.75, 3.05) is 51.2 Å². The molecule has 156 valence electrons. The maximum Gasteiger partial charge on any atom is 0.409 e. The van der Waals surface area contributed by atoms with Gasteiger partial charge in [0, 0.05) is 38.4 Å². The summed E-state index contributed by atoms with van der Waals surface area (Å²) in [5, 5.41) is 5.77. The van der Waals surface area contributed by atoms with Crippen LogP contribution in [-0.2, 0) is 9.53 Å². The zero-order chi connectivity index (χ0) is 19.6. The van der Waals surface area contributed by atoms with E-state index >= 15 is 0 Å². The van der Waals surface area contributed by atoms with E-state index in [0.29, 0.717) is 51.0 Å². The number of carbonyl (C=O) groups is 2. The first kappa shape index (κ1) is 23.9. The van der Waals surface area contributed by atoms with Gasteiger partial charge in [0.15, 0.2) is 5.96 Å². The maximum atomic E-state index is 13.2. The Morgan fingerprint density at radius 2 is 1.86 bits per heavy atom. The molecule has 1 heterocycles. The predicted molar refractivity (Wildman–Crippen MR) is 117 cm³/mol. The Morgan fingerprint density at radius 1 is 1.18 bits per heavy atom. The summed E-state index contributed by atoms with van der Waals surface area (Å²) in [4.78, 5) is 31.8. The number of guanidine groups is 1. The Morgan fingerprint density at radius 3 is 2.46 bits per heavy atom. The average molecular weight is 507 g/mol. The minimum absolute atomic E-state index is 0. The van der Waals surface area contributed by atoms with Crippen molar-refractivity contribution < 1.29 is 18.7 Å². The van der Waals surface area contributed by atoms with Crippen molar-refractivity contribution in [1.29, 1.82) is 0 Å². The van der Waals surface area contributed by atoms with Crippen LogP contribution in [0.25, 0.3) is 0 Å². The molecule has 2 rings (SSSR count). The van der Waals surface area contributed by atoms with Gasteiger partial charge in [-0.1, -0.05) is 6.07 Å². The number of nitrogens with one attached hydrogen (secondary N) is 2. The van der Waals surface area contributed by atoms with Crippen LogP contribution in [0.5, 0.6) is 0 Å². The number of piperazine rings is 1. The van der Waals surface area contributed by atoms with Gasteiger partial charge in [-0.05, 0) is 32.0 Å². The Bertz CT molecular complexity index is 681. The van der Waals surface area contributed by atoms with E-state index < -0.39 is 5.82 Å². The lowest BCUT2D eigenvalue weighted by molar-refractivity contribution is -0.114. The molecular formula is C18H27FIN5O3. The highest BCUT2D eigenvalue weighted by molar-refractivity contribution is 14.0. The minimum Gasteiger partial charge on any atom is -0.450 e. The third-order valence-corrected chi connectivity index (χ3v) is 3.92. The summed E-state index contributed by atoms with van der Waals surface area (Å²) in [5.74, 6) is -0.138. The summed E-state index contributed by atoms with van der Waals surface area (Å²) < 4.78 is 18.2. The molecule has 2 amide bonds. The zero-order valence-corrected chi connectivity index (χ0v) is 18.4. The predicted octanol–water partition coefficient (Wildman–Crippen LogP) is 2.12. The Kier molecular flexibility index (Phi) is 10.6. The first-order chi connectivity index (χ1) is 13.0. The standard InChI is InChI=1S/C18H26FN5O3.HI/c1-3-20-17(23-8-10-24(11-9-23)18(26)27-4-2)21-13-16(25)22-15-7-5-6-14(19)12-15;/h5-7,12H,3-4,8-11,13H2,1-2H3,(H,20,21)(H,22,25);1H. The molecule has 1 aromatic rings. The van der Waals surface area contributed by atoms with Crippen LogP contribution in [0.2, 0.25) is 0 Å². The van der Waals surface area contributed by atoms with Gasteiger partial charge >= 0.3 is 6.09 Å². The van der Waals surface area contributed by atoms with Crippen LogP contribution in [0.1, 0.15) is 13.8 Å². The fraction of sp³-hybridized carbons (Fsp3) is 0.500. The van der Waals surface area contributed by atoms with E-state index in [1.807, 2.05) is 11.8 Å². The largest absolute Gasteiger partial charge is 0.450 e. The van der Waals surface area contributed by atoms with Crippen molar-refractivity contribution in [3.8, 4) is 0 Å². The van der Waals surface area contributed by atoms with Crippen molar-refractivity contribution in [1.82, 2.24) is 15.1 Å². The number of ether oxygens (including phenoxy) is 1. The molecule has 10 heteroatoms.